The van der Waals surface area contributed by atoms with Crippen LogP contribution in [0.1, 0.15) is 22.8 Å². The van der Waals surface area contributed by atoms with Gasteiger partial charge < -0.3 is 14.5 Å². The van der Waals surface area contributed by atoms with Crippen molar-refractivity contribution in [3.05, 3.63) is 72.5 Å². The van der Waals surface area contributed by atoms with Crippen molar-refractivity contribution in [2.24, 2.45) is 0 Å². The van der Waals surface area contributed by atoms with Gasteiger partial charge in [0.1, 0.15) is 0 Å². The van der Waals surface area contributed by atoms with Gasteiger partial charge in [0.05, 0.1) is 16.0 Å². The van der Waals surface area contributed by atoms with Crippen molar-refractivity contribution >= 4 is 39.5 Å². The summed E-state index contributed by atoms with van der Waals surface area (Å²) in [6, 6.07) is 4.14. The highest BCUT2D eigenvalue weighted by molar-refractivity contribution is 8.93. The number of carbonyl (C=O) groups is 1. The van der Waals surface area contributed by atoms with Gasteiger partial charge in [-0.05, 0) is 13.0 Å². The number of hydrogen-bond acceptors (Lipinski definition) is 5. The molecule has 0 radical (unpaired) electrons. The fourth-order valence-electron chi connectivity index (χ4n) is 2.46. The van der Waals surface area contributed by atoms with Crippen LogP contribution in [0.15, 0.2) is 40.2 Å². The lowest BCUT2D eigenvalue weighted by molar-refractivity contribution is -0.384. The van der Waals surface area contributed by atoms with Gasteiger partial charge >= 0.3 is 11.1 Å². The summed E-state index contributed by atoms with van der Waals surface area (Å²) in [6.07, 6.45) is 3.27. The van der Waals surface area contributed by atoms with Crippen LogP contribution < -0.4 is 11.1 Å². The zero-order chi connectivity index (χ0) is 17.4. The molecule has 0 spiro atoms. The number of nitro benzene ring substituents is 1. The molecule has 0 bridgehead atoms. The number of halogens is 1. The Bertz CT molecular complexity index is 1100. The van der Waals surface area contributed by atoms with E-state index in [1.807, 2.05) is 0 Å². The SMILES string of the molecule is Br.CC(=O)c1ccn(Cc2cc([N+](=O)[O-])cc3[nH]c(=O)c(=O)[nH]c23)c1. The Kier molecular flexibility index (Phi) is 5.02. The van der Waals surface area contributed by atoms with Gasteiger partial charge in [-0.1, -0.05) is 0 Å². The summed E-state index contributed by atoms with van der Waals surface area (Å²) >= 11 is 0. The number of aromatic amines is 2. The molecule has 0 saturated heterocycles. The van der Waals surface area contributed by atoms with Crippen molar-refractivity contribution < 1.29 is 9.72 Å². The second-order valence-corrected chi connectivity index (χ2v) is 5.32. The number of fused-ring (bicyclic) bond motifs is 1. The maximum atomic E-state index is 11.6. The molecule has 0 fully saturated rings. The molecule has 2 N–H and O–H groups in total. The number of ketones is 1. The van der Waals surface area contributed by atoms with Gasteiger partial charge in [0.2, 0.25) is 0 Å². The van der Waals surface area contributed by atoms with Crippen LogP contribution in [0.2, 0.25) is 0 Å². The van der Waals surface area contributed by atoms with Crippen LogP contribution in [0, 0.1) is 10.1 Å². The number of benzene rings is 1. The normalized spacial score (nSPS) is 10.4. The van der Waals surface area contributed by atoms with Gasteiger partial charge in [0, 0.05) is 42.2 Å². The van der Waals surface area contributed by atoms with Crippen LogP contribution in [0.3, 0.4) is 0 Å². The summed E-state index contributed by atoms with van der Waals surface area (Å²) in [7, 11) is 0. The standard InChI is InChI=1S/C15H12N4O5.BrH/c1-8(20)9-2-3-18(6-9)7-10-4-11(19(23)24)5-12-13(10)17-15(22)14(21)16-12;/h2-6H,7H2,1H3,(H,16,21)(H,17,22);1H. The monoisotopic (exact) mass is 408 g/mol. The van der Waals surface area contributed by atoms with Crippen LogP contribution in [-0.4, -0.2) is 25.2 Å². The second-order valence-electron chi connectivity index (χ2n) is 5.32. The Balaban J connectivity index is 0.00000225. The number of nitro groups is 1. The molecule has 0 atom stereocenters. The number of carbonyl (C=O) groups excluding carboxylic acids is 1. The maximum absolute atomic E-state index is 11.6. The number of nitrogens with one attached hydrogen (secondary N) is 2. The van der Waals surface area contributed by atoms with Crippen LogP contribution in [0.25, 0.3) is 11.0 Å². The summed E-state index contributed by atoms with van der Waals surface area (Å²) in [5.74, 6) is -0.101. The molecular formula is C15H13BrN4O5. The number of aromatic nitrogens is 3. The van der Waals surface area contributed by atoms with Gasteiger partial charge in [-0.3, -0.25) is 24.5 Å². The van der Waals surface area contributed by atoms with E-state index in [1.165, 1.54) is 19.1 Å². The van der Waals surface area contributed by atoms with Crippen molar-refractivity contribution in [1.82, 2.24) is 14.5 Å². The number of hydrogen-bond donors (Lipinski definition) is 2. The molecule has 1 aromatic carbocycles. The highest BCUT2D eigenvalue weighted by Crippen LogP contribution is 2.22. The van der Waals surface area contributed by atoms with E-state index in [2.05, 4.69) is 9.97 Å². The van der Waals surface area contributed by atoms with E-state index >= 15 is 0 Å². The molecule has 10 heteroatoms. The minimum Gasteiger partial charge on any atom is -0.349 e. The molecule has 130 valence electrons. The van der Waals surface area contributed by atoms with Gasteiger partial charge in [-0.25, -0.2) is 0 Å². The van der Waals surface area contributed by atoms with E-state index in [-0.39, 0.29) is 40.5 Å². The minimum absolute atomic E-state index is 0. The first kappa shape index (κ1) is 18.3. The van der Waals surface area contributed by atoms with Crippen molar-refractivity contribution in [2.45, 2.75) is 13.5 Å². The Morgan fingerprint density at radius 2 is 1.92 bits per heavy atom. The molecule has 3 aromatic rings. The lowest BCUT2D eigenvalue weighted by atomic mass is 10.1. The third-order valence-electron chi connectivity index (χ3n) is 3.62. The Hall–Kier alpha value is -3.01. The molecule has 0 aliphatic heterocycles. The fraction of sp³-hybridized carbons (Fsp3) is 0.133. The van der Waals surface area contributed by atoms with Crippen LogP contribution in [-0.2, 0) is 6.54 Å². The maximum Gasteiger partial charge on any atom is 0.314 e. The number of H-pyrrole nitrogens is 2. The predicted molar refractivity (Wildman–Crippen MR) is 95.7 cm³/mol. The third-order valence-corrected chi connectivity index (χ3v) is 3.62. The average Bonchev–Trinajstić information content (AvgIpc) is 2.97. The number of rotatable bonds is 4. The number of Topliss-reactive ketones (excluding diaryl/α,β-unsaturated/α-hetero) is 1. The van der Waals surface area contributed by atoms with Gasteiger partial charge in [0.25, 0.3) is 5.69 Å². The third kappa shape index (κ3) is 3.58. The first-order valence-electron chi connectivity index (χ1n) is 6.95. The molecule has 0 amide bonds. The molecule has 25 heavy (non-hydrogen) atoms. The van der Waals surface area contributed by atoms with Gasteiger partial charge in [-0.15, -0.1) is 17.0 Å². The number of non-ortho nitro benzene ring substituents is 1. The largest absolute Gasteiger partial charge is 0.349 e. The van der Waals surface area contributed by atoms with Crippen molar-refractivity contribution in [1.29, 1.82) is 0 Å². The van der Waals surface area contributed by atoms with Crippen LogP contribution in [0.4, 0.5) is 5.69 Å². The molecule has 3 rings (SSSR count). The molecule has 2 aromatic heterocycles. The highest BCUT2D eigenvalue weighted by Gasteiger charge is 2.14. The smallest absolute Gasteiger partial charge is 0.314 e. The van der Waals surface area contributed by atoms with E-state index < -0.39 is 16.0 Å². The van der Waals surface area contributed by atoms with Crippen LogP contribution >= 0.6 is 17.0 Å². The van der Waals surface area contributed by atoms with E-state index in [0.717, 1.165) is 0 Å². The molecular weight excluding hydrogens is 396 g/mol. The molecule has 0 saturated carbocycles. The molecule has 9 nitrogen and oxygen atoms in total. The van der Waals surface area contributed by atoms with Crippen molar-refractivity contribution in [2.75, 3.05) is 0 Å². The summed E-state index contributed by atoms with van der Waals surface area (Å²) < 4.78 is 1.67. The zero-order valence-electron chi connectivity index (χ0n) is 12.9. The topological polar surface area (TPSA) is 131 Å². The molecule has 0 aliphatic rings. The summed E-state index contributed by atoms with van der Waals surface area (Å²) in [4.78, 5) is 49.7. The first-order chi connectivity index (χ1) is 11.3. The molecule has 0 aliphatic carbocycles. The highest BCUT2D eigenvalue weighted by atomic mass is 79.9. The van der Waals surface area contributed by atoms with E-state index in [0.29, 0.717) is 16.6 Å². The van der Waals surface area contributed by atoms with E-state index in [1.54, 1.807) is 23.0 Å². The lowest BCUT2D eigenvalue weighted by Gasteiger charge is -2.07. The average molecular weight is 409 g/mol. The van der Waals surface area contributed by atoms with Crippen molar-refractivity contribution in [3.63, 3.8) is 0 Å². The Morgan fingerprint density at radius 3 is 2.52 bits per heavy atom. The lowest BCUT2D eigenvalue weighted by Crippen LogP contribution is -2.29. The molecule has 0 unspecified atom stereocenters. The van der Waals surface area contributed by atoms with Gasteiger partial charge in [0.15, 0.2) is 5.78 Å². The Morgan fingerprint density at radius 1 is 1.24 bits per heavy atom. The fourth-order valence-corrected chi connectivity index (χ4v) is 2.46. The first-order valence-corrected chi connectivity index (χ1v) is 6.95. The summed E-state index contributed by atoms with van der Waals surface area (Å²) in [5, 5.41) is 11.1. The quantitative estimate of drug-likeness (QED) is 0.293. The second kappa shape index (κ2) is 6.85. The van der Waals surface area contributed by atoms with Gasteiger partial charge in [-0.2, -0.15) is 0 Å². The summed E-state index contributed by atoms with van der Waals surface area (Å²) in [6.45, 7) is 1.62. The van der Waals surface area contributed by atoms with E-state index in [9.17, 15) is 24.5 Å². The number of nitrogens with zero attached hydrogens (tertiary/aromatic N) is 2. The van der Waals surface area contributed by atoms with Crippen molar-refractivity contribution in [3.8, 4) is 0 Å². The Labute approximate surface area is 150 Å². The minimum atomic E-state index is -0.881. The molecule has 2 heterocycles. The van der Waals surface area contributed by atoms with E-state index in [4.69, 9.17) is 0 Å². The zero-order valence-corrected chi connectivity index (χ0v) is 14.7. The summed E-state index contributed by atoms with van der Waals surface area (Å²) in [5.41, 5.74) is -0.502. The van der Waals surface area contributed by atoms with Crippen LogP contribution in [0.5, 0.6) is 0 Å². The predicted octanol–water partition coefficient (Wildman–Crippen LogP) is 1.75.